The van der Waals surface area contributed by atoms with Crippen LogP contribution in [0.2, 0.25) is 0 Å². The fourth-order valence-electron chi connectivity index (χ4n) is 1.01. The van der Waals surface area contributed by atoms with Gasteiger partial charge in [-0.2, -0.15) is 0 Å². The Balaban J connectivity index is 2.42. The summed E-state index contributed by atoms with van der Waals surface area (Å²) in [7, 11) is 0. The third kappa shape index (κ3) is 3.01. The number of rotatable bonds is 4. The maximum atomic E-state index is 11.3. The van der Waals surface area contributed by atoms with Crippen molar-refractivity contribution >= 4 is 17.1 Å². The van der Waals surface area contributed by atoms with Gasteiger partial charge in [0.05, 0.1) is 0 Å². The molecule has 0 fully saturated rings. The quantitative estimate of drug-likeness (QED) is 0.651. The van der Waals surface area contributed by atoms with Crippen LogP contribution in [0.1, 0.15) is 18.2 Å². The SMILES string of the molecule is C=C(C)CC(=O)Cc1cccs1. The first kappa shape index (κ1) is 9.20. The molecule has 0 spiro atoms. The number of hydrogen-bond acceptors (Lipinski definition) is 2. The molecule has 0 aliphatic heterocycles. The minimum absolute atomic E-state index is 0.255. The van der Waals surface area contributed by atoms with Crippen molar-refractivity contribution in [1.82, 2.24) is 0 Å². The highest BCUT2D eigenvalue weighted by atomic mass is 32.1. The second kappa shape index (κ2) is 4.21. The first-order valence-electron chi connectivity index (χ1n) is 3.87. The topological polar surface area (TPSA) is 17.1 Å². The van der Waals surface area contributed by atoms with E-state index < -0.39 is 0 Å². The van der Waals surface area contributed by atoms with Crippen LogP contribution in [0, 0.1) is 0 Å². The summed E-state index contributed by atoms with van der Waals surface area (Å²) in [6.07, 6.45) is 1.07. The van der Waals surface area contributed by atoms with E-state index in [1.165, 1.54) is 0 Å². The van der Waals surface area contributed by atoms with E-state index in [1.807, 2.05) is 24.4 Å². The summed E-state index contributed by atoms with van der Waals surface area (Å²) < 4.78 is 0. The second-order valence-corrected chi connectivity index (χ2v) is 3.96. The Morgan fingerprint density at radius 2 is 2.42 bits per heavy atom. The number of carbonyl (C=O) groups excluding carboxylic acids is 1. The zero-order chi connectivity index (χ0) is 8.97. The van der Waals surface area contributed by atoms with E-state index >= 15 is 0 Å². The summed E-state index contributed by atoms with van der Waals surface area (Å²) in [4.78, 5) is 12.4. The monoisotopic (exact) mass is 180 g/mol. The number of ketones is 1. The maximum Gasteiger partial charge on any atom is 0.142 e. The molecule has 1 heterocycles. The standard InChI is InChI=1S/C10H12OS/c1-8(2)6-9(11)7-10-4-3-5-12-10/h3-5H,1,6-7H2,2H3. The predicted octanol–water partition coefficient (Wildman–Crippen LogP) is 2.83. The molecule has 1 nitrogen and oxygen atoms in total. The lowest BCUT2D eigenvalue weighted by Crippen LogP contribution is -2.00. The summed E-state index contributed by atoms with van der Waals surface area (Å²) in [5.74, 6) is 0.255. The minimum Gasteiger partial charge on any atom is -0.299 e. The van der Waals surface area contributed by atoms with Gasteiger partial charge in [0.15, 0.2) is 0 Å². The summed E-state index contributed by atoms with van der Waals surface area (Å²) in [5, 5.41) is 1.99. The van der Waals surface area contributed by atoms with Crippen LogP contribution in [0.3, 0.4) is 0 Å². The smallest absolute Gasteiger partial charge is 0.142 e. The highest BCUT2D eigenvalue weighted by Gasteiger charge is 2.03. The molecule has 12 heavy (non-hydrogen) atoms. The van der Waals surface area contributed by atoms with Crippen molar-refractivity contribution in [1.29, 1.82) is 0 Å². The molecule has 0 radical (unpaired) electrons. The van der Waals surface area contributed by atoms with Gasteiger partial charge in [-0.05, 0) is 18.4 Å². The van der Waals surface area contributed by atoms with Gasteiger partial charge in [0.1, 0.15) is 5.78 Å². The maximum absolute atomic E-state index is 11.3. The van der Waals surface area contributed by atoms with Gasteiger partial charge in [-0.15, -0.1) is 11.3 Å². The van der Waals surface area contributed by atoms with Crippen LogP contribution in [0.4, 0.5) is 0 Å². The molecule has 0 amide bonds. The average Bonchev–Trinajstić information content (AvgIpc) is 2.37. The van der Waals surface area contributed by atoms with E-state index in [1.54, 1.807) is 11.3 Å². The number of carbonyl (C=O) groups is 1. The Labute approximate surface area is 76.7 Å². The zero-order valence-electron chi connectivity index (χ0n) is 7.17. The van der Waals surface area contributed by atoms with Gasteiger partial charge in [-0.3, -0.25) is 4.79 Å². The van der Waals surface area contributed by atoms with Crippen LogP contribution < -0.4 is 0 Å². The fourth-order valence-corrected chi connectivity index (χ4v) is 1.74. The largest absolute Gasteiger partial charge is 0.299 e. The number of Topliss-reactive ketones (excluding diaryl/α,β-unsaturated/α-hetero) is 1. The fraction of sp³-hybridized carbons (Fsp3) is 0.300. The van der Waals surface area contributed by atoms with E-state index in [9.17, 15) is 4.79 Å². The van der Waals surface area contributed by atoms with Crippen LogP contribution in [0.5, 0.6) is 0 Å². The lowest BCUT2D eigenvalue weighted by Gasteiger charge is -1.96. The van der Waals surface area contributed by atoms with Crippen LogP contribution in [-0.2, 0) is 11.2 Å². The molecule has 1 aromatic rings. The molecule has 0 unspecified atom stereocenters. The molecule has 1 aromatic heterocycles. The van der Waals surface area contributed by atoms with Gasteiger partial charge in [0.2, 0.25) is 0 Å². The molecule has 0 atom stereocenters. The van der Waals surface area contributed by atoms with Crippen LogP contribution in [0.15, 0.2) is 29.7 Å². The third-order valence-electron chi connectivity index (χ3n) is 1.45. The molecule has 0 N–H and O–H groups in total. The van der Waals surface area contributed by atoms with Crippen molar-refractivity contribution in [3.63, 3.8) is 0 Å². The number of thiophene rings is 1. The highest BCUT2D eigenvalue weighted by molar-refractivity contribution is 7.10. The van der Waals surface area contributed by atoms with E-state index in [0.717, 1.165) is 10.5 Å². The molecular weight excluding hydrogens is 168 g/mol. The molecule has 0 aromatic carbocycles. The molecule has 64 valence electrons. The van der Waals surface area contributed by atoms with Gasteiger partial charge in [0, 0.05) is 17.7 Å². The first-order valence-corrected chi connectivity index (χ1v) is 4.75. The van der Waals surface area contributed by atoms with Crippen molar-refractivity contribution in [2.24, 2.45) is 0 Å². The van der Waals surface area contributed by atoms with Crippen LogP contribution in [-0.4, -0.2) is 5.78 Å². The molecule has 2 heteroatoms. The lowest BCUT2D eigenvalue weighted by molar-refractivity contribution is -0.117. The van der Waals surface area contributed by atoms with E-state index in [4.69, 9.17) is 0 Å². The number of hydrogen-bond donors (Lipinski definition) is 0. The van der Waals surface area contributed by atoms with E-state index in [0.29, 0.717) is 12.8 Å². The van der Waals surface area contributed by atoms with Gasteiger partial charge in [0.25, 0.3) is 0 Å². The molecule has 0 saturated heterocycles. The van der Waals surface area contributed by atoms with Crippen molar-refractivity contribution in [2.45, 2.75) is 19.8 Å². The van der Waals surface area contributed by atoms with Crippen molar-refractivity contribution in [3.05, 3.63) is 34.5 Å². The molecule has 0 aliphatic rings. The summed E-state index contributed by atoms with van der Waals surface area (Å²) in [5.41, 5.74) is 0.941. The molecule has 0 bridgehead atoms. The normalized spacial score (nSPS) is 9.75. The van der Waals surface area contributed by atoms with Crippen LogP contribution in [0.25, 0.3) is 0 Å². The molecular formula is C10H12OS. The second-order valence-electron chi connectivity index (χ2n) is 2.93. The zero-order valence-corrected chi connectivity index (χ0v) is 7.99. The number of allylic oxidation sites excluding steroid dienone is 1. The molecule has 0 aliphatic carbocycles. The molecule has 1 rings (SSSR count). The Kier molecular flexibility index (Phi) is 3.23. The molecule has 0 saturated carbocycles. The van der Waals surface area contributed by atoms with Gasteiger partial charge in [-0.1, -0.05) is 18.2 Å². The minimum atomic E-state index is 0.255. The first-order chi connectivity index (χ1) is 5.68. The van der Waals surface area contributed by atoms with Crippen LogP contribution >= 0.6 is 11.3 Å². The van der Waals surface area contributed by atoms with Gasteiger partial charge >= 0.3 is 0 Å². The predicted molar refractivity (Wildman–Crippen MR) is 52.5 cm³/mol. The lowest BCUT2D eigenvalue weighted by atomic mass is 10.1. The summed E-state index contributed by atoms with van der Waals surface area (Å²) >= 11 is 1.63. The van der Waals surface area contributed by atoms with Gasteiger partial charge < -0.3 is 0 Å². The van der Waals surface area contributed by atoms with E-state index in [2.05, 4.69) is 6.58 Å². The van der Waals surface area contributed by atoms with Crippen molar-refractivity contribution < 1.29 is 4.79 Å². The Morgan fingerprint density at radius 1 is 1.67 bits per heavy atom. The van der Waals surface area contributed by atoms with Crippen molar-refractivity contribution in [2.75, 3.05) is 0 Å². The van der Waals surface area contributed by atoms with Crippen molar-refractivity contribution in [3.8, 4) is 0 Å². The summed E-state index contributed by atoms with van der Waals surface area (Å²) in [6, 6.07) is 3.95. The summed E-state index contributed by atoms with van der Waals surface area (Å²) in [6.45, 7) is 5.59. The Hall–Kier alpha value is -0.890. The Bertz CT molecular complexity index is 272. The van der Waals surface area contributed by atoms with Gasteiger partial charge in [-0.25, -0.2) is 0 Å². The van der Waals surface area contributed by atoms with E-state index in [-0.39, 0.29) is 5.78 Å². The average molecular weight is 180 g/mol. The highest BCUT2D eigenvalue weighted by Crippen LogP contribution is 2.11. The third-order valence-corrected chi connectivity index (χ3v) is 2.33. The Morgan fingerprint density at radius 3 is 2.92 bits per heavy atom.